The van der Waals surface area contributed by atoms with Crippen molar-refractivity contribution in [1.82, 2.24) is 10.2 Å². The monoisotopic (exact) mass is 294 g/mol. The Morgan fingerprint density at radius 3 is 2.14 bits per heavy atom. The first-order chi connectivity index (χ1) is 10.7. The van der Waals surface area contributed by atoms with Gasteiger partial charge in [0.2, 0.25) is 0 Å². The van der Waals surface area contributed by atoms with E-state index in [0.29, 0.717) is 18.0 Å². The fourth-order valence-corrected chi connectivity index (χ4v) is 3.39. The van der Waals surface area contributed by atoms with Gasteiger partial charge in [0.15, 0.2) is 0 Å². The highest BCUT2D eigenvalue weighted by Gasteiger charge is 2.29. The van der Waals surface area contributed by atoms with Crippen molar-refractivity contribution in [3.63, 3.8) is 0 Å². The second-order valence-corrected chi connectivity index (χ2v) is 6.65. The summed E-state index contributed by atoms with van der Waals surface area (Å²) in [5.74, 6) is 0.681. The highest BCUT2D eigenvalue weighted by Crippen LogP contribution is 2.29. The highest BCUT2D eigenvalue weighted by molar-refractivity contribution is 5.24. The summed E-state index contributed by atoms with van der Waals surface area (Å²) in [6.07, 6.45) is 0. The third-order valence-electron chi connectivity index (χ3n) is 4.40. The van der Waals surface area contributed by atoms with Crippen LogP contribution < -0.4 is 5.32 Å². The molecule has 0 aliphatic carbocycles. The molecular weight excluding hydrogens is 268 g/mol. The quantitative estimate of drug-likeness (QED) is 0.916. The van der Waals surface area contributed by atoms with Gasteiger partial charge in [-0.25, -0.2) is 0 Å². The van der Waals surface area contributed by atoms with Crippen LogP contribution in [0.15, 0.2) is 60.7 Å². The van der Waals surface area contributed by atoms with E-state index >= 15 is 0 Å². The molecular formula is C20H26N2. The smallest absolute Gasteiger partial charge is 0.0473 e. The number of hydrogen-bond acceptors (Lipinski definition) is 2. The molecule has 2 atom stereocenters. The number of benzene rings is 2. The van der Waals surface area contributed by atoms with Crippen molar-refractivity contribution in [1.29, 1.82) is 0 Å². The summed E-state index contributed by atoms with van der Waals surface area (Å²) in [6, 6.07) is 22.6. The Labute approximate surface area is 134 Å². The van der Waals surface area contributed by atoms with Gasteiger partial charge in [0.05, 0.1) is 0 Å². The van der Waals surface area contributed by atoms with Crippen LogP contribution in [-0.4, -0.2) is 24.5 Å². The minimum atomic E-state index is 0.430. The summed E-state index contributed by atoms with van der Waals surface area (Å²) in [6.45, 7) is 7.84. The zero-order valence-electron chi connectivity index (χ0n) is 13.6. The first-order valence-corrected chi connectivity index (χ1v) is 8.31. The zero-order valence-corrected chi connectivity index (χ0v) is 13.6. The van der Waals surface area contributed by atoms with Gasteiger partial charge in [-0.2, -0.15) is 0 Å². The van der Waals surface area contributed by atoms with Crippen LogP contribution in [0, 0.1) is 5.92 Å². The third kappa shape index (κ3) is 3.57. The number of piperazine rings is 1. The van der Waals surface area contributed by atoms with Crippen molar-refractivity contribution in [2.75, 3.05) is 19.6 Å². The molecule has 1 aliphatic heterocycles. The number of rotatable bonds is 4. The molecule has 22 heavy (non-hydrogen) atoms. The van der Waals surface area contributed by atoms with E-state index in [1.54, 1.807) is 0 Å². The second kappa shape index (κ2) is 7.08. The van der Waals surface area contributed by atoms with E-state index in [4.69, 9.17) is 0 Å². The van der Waals surface area contributed by atoms with E-state index in [9.17, 15) is 0 Å². The first-order valence-electron chi connectivity index (χ1n) is 8.31. The van der Waals surface area contributed by atoms with Gasteiger partial charge in [0, 0.05) is 31.7 Å². The minimum Gasteiger partial charge on any atom is -0.307 e. The fourth-order valence-electron chi connectivity index (χ4n) is 3.39. The van der Waals surface area contributed by atoms with E-state index in [-0.39, 0.29) is 0 Å². The van der Waals surface area contributed by atoms with Crippen LogP contribution in [0.1, 0.15) is 37.1 Å². The average Bonchev–Trinajstić information content (AvgIpc) is 2.56. The van der Waals surface area contributed by atoms with Crippen LogP contribution in [-0.2, 0) is 0 Å². The molecule has 0 aromatic heterocycles. The molecule has 0 spiro atoms. The largest absolute Gasteiger partial charge is 0.307 e. The predicted molar refractivity (Wildman–Crippen MR) is 92.8 cm³/mol. The molecule has 1 saturated heterocycles. The maximum atomic E-state index is 3.75. The maximum Gasteiger partial charge on any atom is 0.0473 e. The maximum absolute atomic E-state index is 3.75. The fraction of sp³-hybridized carbons (Fsp3) is 0.400. The van der Waals surface area contributed by atoms with Crippen molar-refractivity contribution in [3.05, 3.63) is 71.8 Å². The van der Waals surface area contributed by atoms with Crippen LogP contribution in [0.2, 0.25) is 0 Å². The normalized spacial score (nSPS) is 22.9. The third-order valence-corrected chi connectivity index (χ3v) is 4.40. The number of hydrogen-bond donors (Lipinski definition) is 1. The first kappa shape index (κ1) is 15.3. The molecule has 1 N–H and O–H groups in total. The highest BCUT2D eigenvalue weighted by atomic mass is 15.2. The molecule has 0 saturated carbocycles. The molecule has 0 amide bonds. The van der Waals surface area contributed by atoms with E-state index in [0.717, 1.165) is 19.6 Å². The molecule has 1 heterocycles. The molecule has 0 bridgehead atoms. The summed E-state index contributed by atoms with van der Waals surface area (Å²) < 4.78 is 0. The predicted octanol–water partition coefficient (Wildman–Crippen LogP) is 4.03. The zero-order chi connectivity index (χ0) is 15.4. The van der Waals surface area contributed by atoms with Gasteiger partial charge in [0.25, 0.3) is 0 Å². The van der Waals surface area contributed by atoms with Crippen molar-refractivity contribution in [3.8, 4) is 0 Å². The standard InChI is InChI=1S/C20H26N2/c1-16(2)14-22-15-19(17-9-5-3-6-10-17)21-13-20(22)18-11-7-4-8-12-18/h3-12,16,19-21H,13-15H2,1-2H3. The van der Waals surface area contributed by atoms with Crippen LogP contribution in [0.25, 0.3) is 0 Å². The molecule has 3 rings (SSSR count). The van der Waals surface area contributed by atoms with Gasteiger partial charge >= 0.3 is 0 Å². The molecule has 2 heteroatoms. The van der Waals surface area contributed by atoms with Crippen molar-refractivity contribution >= 4 is 0 Å². The molecule has 2 unspecified atom stereocenters. The van der Waals surface area contributed by atoms with Crippen molar-refractivity contribution in [2.24, 2.45) is 5.92 Å². The van der Waals surface area contributed by atoms with Crippen molar-refractivity contribution < 1.29 is 0 Å². The lowest BCUT2D eigenvalue weighted by Crippen LogP contribution is -2.48. The molecule has 2 aromatic rings. The lowest BCUT2D eigenvalue weighted by Gasteiger charge is -2.41. The average molecular weight is 294 g/mol. The molecule has 2 aromatic carbocycles. The van der Waals surface area contributed by atoms with Gasteiger partial charge in [-0.05, 0) is 17.0 Å². The topological polar surface area (TPSA) is 15.3 Å². The summed E-state index contributed by atoms with van der Waals surface area (Å²) in [5.41, 5.74) is 2.81. The lowest BCUT2D eigenvalue weighted by molar-refractivity contribution is 0.116. The van der Waals surface area contributed by atoms with E-state index in [1.807, 2.05) is 0 Å². The van der Waals surface area contributed by atoms with Crippen LogP contribution in [0.4, 0.5) is 0 Å². The van der Waals surface area contributed by atoms with E-state index < -0.39 is 0 Å². The van der Waals surface area contributed by atoms with E-state index in [1.165, 1.54) is 11.1 Å². The van der Waals surface area contributed by atoms with Crippen LogP contribution >= 0.6 is 0 Å². The van der Waals surface area contributed by atoms with Gasteiger partial charge in [-0.1, -0.05) is 74.5 Å². The Bertz CT molecular complexity index is 565. The molecule has 2 nitrogen and oxygen atoms in total. The number of nitrogens with one attached hydrogen (secondary N) is 1. The molecule has 1 aliphatic rings. The molecule has 0 radical (unpaired) electrons. The summed E-state index contributed by atoms with van der Waals surface area (Å²) in [4.78, 5) is 2.65. The van der Waals surface area contributed by atoms with Crippen LogP contribution in [0.3, 0.4) is 0 Å². The van der Waals surface area contributed by atoms with Crippen LogP contribution in [0.5, 0.6) is 0 Å². The Hall–Kier alpha value is -1.64. The lowest BCUT2D eigenvalue weighted by atomic mass is 9.96. The Balaban J connectivity index is 1.79. The van der Waals surface area contributed by atoms with Crippen molar-refractivity contribution in [2.45, 2.75) is 25.9 Å². The van der Waals surface area contributed by atoms with Gasteiger partial charge in [-0.15, -0.1) is 0 Å². The molecule has 116 valence electrons. The Kier molecular flexibility index (Phi) is 4.91. The Morgan fingerprint density at radius 1 is 0.955 bits per heavy atom. The Morgan fingerprint density at radius 2 is 1.55 bits per heavy atom. The van der Waals surface area contributed by atoms with E-state index in [2.05, 4.69) is 84.7 Å². The molecule has 1 fully saturated rings. The van der Waals surface area contributed by atoms with Gasteiger partial charge < -0.3 is 5.32 Å². The SMILES string of the molecule is CC(C)CN1CC(c2ccccc2)NCC1c1ccccc1. The summed E-state index contributed by atoms with van der Waals surface area (Å²) in [5, 5.41) is 3.75. The van der Waals surface area contributed by atoms with Gasteiger partial charge in [-0.3, -0.25) is 4.90 Å². The summed E-state index contributed by atoms with van der Waals surface area (Å²) >= 11 is 0. The summed E-state index contributed by atoms with van der Waals surface area (Å²) in [7, 11) is 0. The minimum absolute atomic E-state index is 0.430. The second-order valence-electron chi connectivity index (χ2n) is 6.65. The number of nitrogens with zero attached hydrogens (tertiary/aromatic N) is 1. The van der Waals surface area contributed by atoms with Gasteiger partial charge in [0.1, 0.15) is 0 Å².